The summed E-state index contributed by atoms with van der Waals surface area (Å²) in [5, 5.41) is 0. The molecular formula is C19H18F3NO4. The van der Waals surface area contributed by atoms with E-state index < -0.39 is 23.6 Å². The van der Waals surface area contributed by atoms with Gasteiger partial charge in [-0.2, -0.15) is 13.2 Å². The van der Waals surface area contributed by atoms with Gasteiger partial charge in [0.1, 0.15) is 11.3 Å². The number of alkyl halides is 3. The summed E-state index contributed by atoms with van der Waals surface area (Å²) >= 11 is 0. The third kappa shape index (κ3) is 3.43. The number of nitrogens with two attached hydrogens (primary N) is 1. The Morgan fingerprint density at radius 1 is 1.30 bits per heavy atom. The Bertz CT molecular complexity index is 855. The molecule has 1 atom stereocenters. The van der Waals surface area contributed by atoms with Crippen molar-refractivity contribution >= 4 is 11.8 Å². The van der Waals surface area contributed by atoms with Crippen LogP contribution in [0, 0.1) is 0 Å². The highest BCUT2D eigenvalue weighted by molar-refractivity contribution is 6.03. The third-order valence-corrected chi connectivity index (χ3v) is 4.56. The molecule has 1 aromatic carbocycles. The average molecular weight is 381 g/mol. The molecule has 1 unspecified atom stereocenters. The fourth-order valence-corrected chi connectivity index (χ4v) is 3.48. The fraction of sp³-hybridized carbons (Fsp3) is 0.368. The second-order valence-corrected chi connectivity index (χ2v) is 6.23. The molecule has 0 aromatic heterocycles. The zero-order valence-corrected chi connectivity index (χ0v) is 14.6. The number of carbonyl (C=O) groups excluding carboxylic acids is 2. The van der Waals surface area contributed by atoms with Crippen molar-refractivity contribution in [1.29, 1.82) is 0 Å². The van der Waals surface area contributed by atoms with Crippen LogP contribution in [-0.2, 0) is 25.2 Å². The molecule has 1 aromatic rings. The number of carbonyl (C=O) groups is 2. The number of ketones is 1. The van der Waals surface area contributed by atoms with E-state index in [-0.39, 0.29) is 47.2 Å². The monoisotopic (exact) mass is 381 g/mol. The lowest BCUT2D eigenvalue weighted by Crippen LogP contribution is -2.32. The molecule has 1 aliphatic carbocycles. The molecule has 0 radical (unpaired) electrons. The maximum Gasteiger partial charge on any atom is 0.416 e. The van der Waals surface area contributed by atoms with Gasteiger partial charge in [0.25, 0.3) is 0 Å². The minimum absolute atomic E-state index is 0.00308. The van der Waals surface area contributed by atoms with E-state index in [1.165, 1.54) is 18.2 Å². The van der Waals surface area contributed by atoms with Gasteiger partial charge in [-0.05, 0) is 25.0 Å². The number of ether oxygens (including phenoxy) is 2. The lowest BCUT2D eigenvalue weighted by Gasteiger charge is -2.33. The first kappa shape index (κ1) is 19.0. The van der Waals surface area contributed by atoms with Gasteiger partial charge >= 0.3 is 12.1 Å². The number of halogens is 3. The summed E-state index contributed by atoms with van der Waals surface area (Å²) in [4.78, 5) is 25.1. The molecule has 1 aliphatic heterocycles. The van der Waals surface area contributed by atoms with Crippen molar-refractivity contribution in [2.75, 3.05) is 6.61 Å². The predicted molar refractivity (Wildman–Crippen MR) is 89.0 cm³/mol. The minimum Gasteiger partial charge on any atom is -0.462 e. The molecule has 0 amide bonds. The largest absolute Gasteiger partial charge is 0.462 e. The molecule has 2 aliphatic rings. The fourth-order valence-electron chi connectivity index (χ4n) is 3.48. The van der Waals surface area contributed by atoms with Crippen LogP contribution in [0.2, 0.25) is 0 Å². The van der Waals surface area contributed by atoms with Gasteiger partial charge in [-0.3, -0.25) is 4.79 Å². The van der Waals surface area contributed by atoms with E-state index in [0.717, 1.165) is 6.07 Å². The number of hydrogen-bond donors (Lipinski definition) is 1. The number of rotatable bonds is 3. The molecule has 1 heterocycles. The van der Waals surface area contributed by atoms with Crippen LogP contribution >= 0.6 is 0 Å². The van der Waals surface area contributed by atoms with Crippen molar-refractivity contribution in [3.8, 4) is 0 Å². The van der Waals surface area contributed by atoms with E-state index in [9.17, 15) is 22.8 Å². The summed E-state index contributed by atoms with van der Waals surface area (Å²) < 4.78 is 51.2. The summed E-state index contributed by atoms with van der Waals surface area (Å²) in [6.45, 7) is 1.57. The van der Waals surface area contributed by atoms with Crippen LogP contribution < -0.4 is 5.73 Å². The van der Waals surface area contributed by atoms with Crippen LogP contribution in [0.25, 0.3) is 0 Å². The number of hydrogen-bond acceptors (Lipinski definition) is 5. The highest BCUT2D eigenvalue weighted by atomic mass is 19.4. The quantitative estimate of drug-likeness (QED) is 0.810. The Labute approximate surface area is 153 Å². The normalized spacial score (nSPS) is 20.3. The van der Waals surface area contributed by atoms with Crippen molar-refractivity contribution in [3.63, 3.8) is 0 Å². The maximum atomic E-state index is 13.6. The Hall–Kier alpha value is -2.77. The Morgan fingerprint density at radius 3 is 2.67 bits per heavy atom. The predicted octanol–water partition coefficient (Wildman–Crippen LogP) is 3.56. The first-order chi connectivity index (χ1) is 12.8. The number of esters is 1. The van der Waals surface area contributed by atoms with Gasteiger partial charge in [0.15, 0.2) is 5.78 Å². The maximum absolute atomic E-state index is 13.6. The van der Waals surface area contributed by atoms with Crippen LogP contribution in [-0.4, -0.2) is 18.4 Å². The van der Waals surface area contributed by atoms with Crippen molar-refractivity contribution < 1.29 is 32.2 Å². The van der Waals surface area contributed by atoms with Crippen LogP contribution in [0.15, 0.2) is 47.1 Å². The molecule has 0 fully saturated rings. The molecule has 27 heavy (non-hydrogen) atoms. The molecule has 2 N–H and O–H groups in total. The van der Waals surface area contributed by atoms with E-state index in [4.69, 9.17) is 15.2 Å². The lowest BCUT2D eigenvalue weighted by molar-refractivity contribution is -0.141. The molecule has 8 heteroatoms. The van der Waals surface area contributed by atoms with Gasteiger partial charge in [-0.25, -0.2) is 4.79 Å². The molecule has 0 saturated carbocycles. The zero-order valence-electron chi connectivity index (χ0n) is 14.6. The summed E-state index contributed by atoms with van der Waals surface area (Å²) in [6, 6.07) is 4.84. The first-order valence-corrected chi connectivity index (χ1v) is 8.52. The van der Waals surface area contributed by atoms with E-state index in [1.54, 1.807) is 6.92 Å². The number of allylic oxidation sites excluding steroid dienone is 2. The lowest BCUT2D eigenvalue weighted by atomic mass is 9.76. The molecular weight excluding hydrogens is 363 g/mol. The summed E-state index contributed by atoms with van der Waals surface area (Å²) in [6.07, 6.45) is -3.62. The molecule has 144 valence electrons. The van der Waals surface area contributed by atoms with Gasteiger partial charge in [0, 0.05) is 18.4 Å². The molecule has 0 saturated heterocycles. The topological polar surface area (TPSA) is 78.6 Å². The van der Waals surface area contributed by atoms with E-state index >= 15 is 0 Å². The van der Waals surface area contributed by atoms with E-state index in [2.05, 4.69) is 0 Å². The summed E-state index contributed by atoms with van der Waals surface area (Å²) in [5.74, 6) is -2.64. The van der Waals surface area contributed by atoms with Crippen molar-refractivity contribution in [1.82, 2.24) is 0 Å². The molecule has 0 spiro atoms. The van der Waals surface area contributed by atoms with Crippen LogP contribution in [0.5, 0.6) is 0 Å². The molecule has 5 nitrogen and oxygen atoms in total. The highest BCUT2D eigenvalue weighted by Crippen LogP contribution is 2.47. The minimum atomic E-state index is -4.66. The number of Topliss-reactive ketones (excluding diaryl/α,β-unsaturated/α-hetero) is 1. The average Bonchev–Trinajstić information content (AvgIpc) is 2.60. The Balaban J connectivity index is 2.26. The van der Waals surface area contributed by atoms with Gasteiger partial charge in [0.2, 0.25) is 5.88 Å². The van der Waals surface area contributed by atoms with Gasteiger partial charge in [0.05, 0.1) is 18.1 Å². The van der Waals surface area contributed by atoms with Crippen LogP contribution in [0.1, 0.15) is 43.2 Å². The van der Waals surface area contributed by atoms with Gasteiger partial charge in [-0.1, -0.05) is 18.2 Å². The second-order valence-electron chi connectivity index (χ2n) is 6.23. The summed E-state index contributed by atoms with van der Waals surface area (Å²) in [7, 11) is 0. The Morgan fingerprint density at radius 2 is 2.00 bits per heavy atom. The van der Waals surface area contributed by atoms with Crippen LogP contribution in [0.3, 0.4) is 0 Å². The van der Waals surface area contributed by atoms with E-state index in [1.807, 2.05) is 0 Å². The van der Waals surface area contributed by atoms with Crippen molar-refractivity contribution in [2.24, 2.45) is 5.73 Å². The smallest absolute Gasteiger partial charge is 0.416 e. The standard InChI is InChI=1S/C19H18F3NO4/c1-2-26-18(25)16-14(10-6-3-4-7-11(10)19(20,21)22)15-12(24)8-5-9-13(15)27-17(16)23/h3-4,6-7,14H,2,5,8-9,23H2,1H3. The van der Waals surface area contributed by atoms with Crippen molar-refractivity contribution in [3.05, 3.63) is 58.2 Å². The molecule has 0 bridgehead atoms. The second kappa shape index (κ2) is 7.09. The van der Waals surface area contributed by atoms with E-state index in [0.29, 0.717) is 12.8 Å². The van der Waals surface area contributed by atoms with Crippen LogP contribution in [0.4, 0.5) is 13.2 Å². The number of benzene rings is 1. The van der Waals surface area contributed by atoms with Crippen molar-refractivity contribution in [2.45, 2.75) is 38.3 Å². The third-order valence-electron chi connectivity index (χ3n) is 4.56. The highest BCUT2D eigenvalue weighted by Gasteiger charge is 2.45. The Kier molecular flexibility index (Phi) is 4.99. The molecule has 3 rings (SSSR count). The SMILES string of the molecule is CCOC(=O)C1=C(N)OC2=C(C(=O)CCC2)C1c1ccccc1C(F)(F)F. The zero-order chi connectivity index (χ0) is 19.8. The first-order valence-electron chi connectivity index (χ1n) is 8.52. The van der Waals surface area contributed by atoms with Gasteiger partial charge < -0.3 is 15.2 Å². The summed E-state index contributed by atoms with van der Waals surface area (Å²) in [5.41, 5.74) is 4.50. The van der Waals surface area contributed by atoms with Gasteiger partial charge in [-0.15, -0.1) is 0 Å².